The summed E-state index contributed by atoms with van der Waals surface area (Å²) in [4.78, 5) is 12.0. The molecular weight excluding hydrogens is 260 g/mol. The van der Waals surface area contributed by atoms with Crippen molar-refractivity contribution in [2.24, 2.45) is 0 Å². The van der Waals surface area contributed by atoms with Gasteiger partial charge in [-0.25, -0.2) is 0 Å². The van der Waals surface area contributed by atoms with Crippen molar-refractivity contribution >= 4 is 18.3 Å². The summed E-state index contributed by atoms with van der Waals surface area (Å²) in [5.74, 6) is 0.151. The molecule has 0 aliphatic carbocycles. The van der Waals surface area contributed by atoms with Gasteiger partial charge in [-0.15, -0.1) is 12.4 Å². The standard InChI is InChI=1S/C15H22N2O.ClH/c1-15(2,12-6-4-3-5-7-12)10-14(18)17-13-8-9-16-11-13;/h3-7,13,16H,8-11H2,1-2H3,(H,17,18);1H. The van der Waals surface area contributed by atoms with Crippen molar-refractivity contribution in [3.63, 3.8) is 0 Å². The number of hydrogen-bond donors (Lipinski definition) is 2. The van der Waals surface area contributed by atoms with Crippen LogP contribution in [0.25, 0.3) is 0 Å². The van der Waals surface area contributed by atoms with Crippen LogP contribution in [0.4, 0.5) is 0 Å². The van der Waals surface area contributed by atoms with Gasteiger partial charge in [0.2, 0.25) is 5.91 Å². The highest BCUT2D eigenvalue weighted by atomic mass is 35.5. The molecule has 0 spiro atoms. The minimum atomic E-state index is -0.114. The number of carbonyl (C=O) groups is 1. The molecule has 0 radical (unpaired) electrons. The highest BCUT2D eigenvalue weighted by molar-refractivity contribution is 5.85. The van der Waals surface area contributed by atoms with Gasteiger partial charge in [0.25, 0.3) is 0 Å². The molecule has 1 aliphatic rings. The zero-order valence-corrected chi connectivity index (χ0v) is 12.4. The maximum Gasteiger partial charge on any atom is 0.221 e. The zero-order chi connectivity index (χ0) is 13.0. The molecule has 19 heavy (non-hydrogen) atoms. The Morgan fingerprint density at radius 2 is 2.05 bits per heavy atom. The normalized spacial score (nSPS) is 18.7. The van der Waals surface area contributed by atoms with Crippen LogP contribution in [0, 0.1) is 0 Å². The van der Waals surface area contributed by atoms with Crippen molar-refractivity contribution in [3.05, 3.63) is 35.9 Å². The van der Waals surface area contributed by atoms with Crippen LogP contribution < -0.4 is 10.6 Å². The molecule has 1 unspecified atom stereocenters. The molecule has 1 saturated heterocycles. The molecular formula is C15H23ClN2O. The van der Waals surface area contributed by atoms with Crippen molar-refractivity contribution in [1.82, 2.24) is 10.6 Å². The van der Waals surface area contributed by atoms with Crippen LogP contribution in [0.1, 0.15) is 32.3 Å². The van der Waals surface area contributed by atoms with Crippen molar-refractivity contribution < 1.29 is 4.79 Å². The van der Waals surface area contributed by atoms with Gasteiger partial charge in [0.05, 0.1) is 0 Å². The third kappa shape index (κ3) is 4.51. The van der Waals surface area contributed by atoms with E-state index in [1.54, 1.807) is 0 Å². The Hall–Kier alpha value is -1.06. The fourth-order valence-corrected chi connectivity index (χ4v) is 2.45. The predicted molar refractivity (Wildman–Crippen MR) is 80.8 cm³/mol. The zero-order valence-electron chi connectivity index (χ0n) is 11.6. The third-order valence-corrected chi connectivity index (χ3v) is 3.58. The van der Waals surface area contributed by atoms with Gasteiger partial charge in [-0.2, -0.15) is 0 Å². The van der Waals surface area contributed by atoms with E-state index in [2.05, 4.69) is 36.6 Å². The molecule has 2 N–H and O–H groups in total. The van der Waals surface area contributed by atoms with Crippen LogP contribution in [0.5, 0.6) is 0 Å². The van der Waals surface area contributed by atoms with Gasteiger partial charge in [0.15, 0.2) is 0 Å². The summed E-state index contributed by atoms with van der Waals surface area (Å²) >= 11 is 0. The Kier molecular flexibility index (Phi) is 5.83. The van der Waals surface area contributed by atoms with Gasteiger partial charge in [0, 0.05) is 19.0 Å². The first-order valence-electron chi connectivity index (χ1n) is 6.63. The largest absolute Gasteiger partial charge is 0.352 e. The summed E-state index contributed by atoms with van der Waals surface area (Å²) in [6.45, 7) is 6.15. The lowest BCUT2D eigenvalue weighted by Crippen LogP contribution is -2.39. The van der Waals surface area contributed by atoms with Crippen molar-refractivity contribution in [2.45, 2.75) is 38.1 Å². The van der Waals surface area contributed by atoms with E-state index in [4.69, 9.17) is 0 Å². The Morgan fingerprint density at radius 3 is 2.63 bits per heavy atom. The number of nitrogens with one attached hydrogen (secondary N) is 2. The lowest BCUT2D eigenvalue weighted by Gasteiger charge is -2.25. The van der Waals surface area contributed by atoms with Gasteiger partial charge < -0.3 is 10.6 Å². The van der Waals surface area contributed by atoms with E-state index in [1.165, 1.54) is 5.56 Å². The predicted octanol–water partition coefficient (Wildman–Crippen LogP) is 2.25. The number of halogens is 1. The molecule has 1 heterocycles. The summed E-state index contributed by atoms with van der Waals surface area (Å²) < 4.78 is 0. The Labute approximate surface area is 121 Å². The molecule has 0 bridgehead atoms. The van der Waals surface area contributed by atoms with E-state index in [0.29, 0.717) is 12.5 Å². The highest BCUT2D eigenvalue weighted by Gasteiger charge is 2.25. The van der Waals surface area contributed by atoms with E-state index in [0.717, 1.165) is 19.5 Å². The van der Waals surface area contributed by atoms with Crippen molar-refractivity contribution in [3.8, 4) is 0 Å². The maximum absolute atomic E-state index is 12.0. The van der Waals surface area contributed by atoms with E-state index in [1.807, 2.05) is 18.2 Å². The van der Waals surface area contributed by atoms with Gasteiger partial charge in [0.1, 0.15) is 0 Å². The molecule has 106 valence electrons. The van der Waals surface area contributed by atoms with Gasteiger partial charge >= 0.3 is 0 Å². The topological polar surface area (TPSA) is 41.1 Å². The first-order valence-corrected chi connectivity index (χ1v) is 6.63. The average molecular weight is 283 g/mol. The summed E-state index contributed by atoms with van der Waals surface area (Å²) in [5.41, 5.74) is 1.10. The number of benzene rings is 1. The molecule has 1 atom stereocenters. The van der Waals surface area contributed by atoms with E-state index >= 15 is 0 Å². The summed E-state index contributed by atoms with van der Waals surface area (Å²) in [6.07, 6.45) is 1.57. The first kappa shape index (κ1) is 16.0. The highest BCUT2D eigenvalue weighted by Crippen LogP contribution is 2.26. The average Bonchev–Trinajstić information content (AvgIpc) is 2.82. The number of rotatable bonds is 4. The number of amides is 1. The minimum absolute atomic E-state index is 0. The first-order chi connectivity index (χ1) is 8.58. The SMILES string of the molecule is CC(C)(CC(=O)NC1CCNC1)c1ccccc1.Cl. The van der Waals surface area contributed by atoms with Crippen LogP contribution in [0.15, 0.2) is 30.3 Å². The molecule has 1 fully saturated rings. The van der Waals surface area contributed by atoms with Crippen LogP contribution in [-0.2, 0) is 10.2 Å². The lowest BCUT2D eigenvalue weighted by molar-refractivity contribution is -0.122. The van der Waals surface area contributed by atoms with Crippen LogP contribution in [-0.4, -0.2) is 25.0 Å². The smallest absolute Gasteiger partial charge is 0.221 e. The van der Waals surface area contributed by atoms with Gasteiger partial charge in [-0.1, -0.05) is 44.2 Å². The summed E-state index contributed by atoms with van der Waals surface area (Å²) in [6, 6.07) is 10.5. The molecule has 0 aromatic heterocycles. The Bertz CT molecular complexity index is 400. The summed E-state index contributed by atoms with van der Waals surface area (Å²) in [7, 11) is 0. The van der Waals surface area contributed by atoms with Crippen molar-refractivity contribution in [1.29, 1.82) is 0 Å². The van der Waals surface area contributed by atoms with Crippen molar-refractivity contribution in [2.75, 3.05) is 13.1 Å². The quantitative estimate of drug-likeness (QED) is 0.889. The van der Waals surface area contributed by atoms with Crippen LogP contribution in [0.3, 0.4) is 0 Å². The molecule has 1 aromatic rings. The van der Waals surface area contributed by atoms with E-state index in [9.17, 15) is 4.79 Å². The Balaban J connectivity index is 0.00000180. The van der Waals surface area contributed by atoms with E-state index < -0.39 is 0 Å². The lowest BCUT2D eigenvalue weighted by atomic mass is 9.81. The van der Waals surface area contributed by atoms with Gasteiger partial charge in [-0.05, 0) is 23.9 Å². The minimum Gasteiger partial charge on any atom is -0.352 e. The Morgan fingerprint density at radius 1 is 1.37 bits per heavy atom. The van der Waals surface area contributed by atoms with E-state index in [-0.39, 0.29) is 23.7 Å². The van der Waals surface area contributed by atoms with Crippen LogP contribution >= 0.6 is 12.4 Å². The second kappa shape index (κ2) is 6.92. The fourth-order valence-electron chi connectivity index (χ4n) is 2.45. The molecule has 0 saturated carbocycles. The molecule has 2 rings (SSSR count). The summed E-state index contributed by atoms with van der Waals surface area (Å²) in [5, 5.41) is 6.36. The maximum atomic E-state index is 12.0. The molecule has 1 amide bonds. The number of hydrogen-bond acceptors (Lipinski definition) is 2. The fraction of sp³-hybridized carbons (Fsp3) is 0.533. The molecule has 3 nitrogen and oxygen atoms in total. The molecule has 1 aromatic carbocycles. The second-order valence-electron chi connectivity index (χ2n) is 5.68. The second-order valence-corrected chi connectivity index (χ2v) is 5.68. The van der Waals surface area contributed by atoms with Gasteiger partial charge in [-0.3, -0.25) is 4.79 Å². The van der Waals surface area contributed by atoms with Crippen LogP contribution in [0.2, 0.25) is 0 Å². The number of carbonyl (C=O) groups excluding carboxylic acids is 1. The third-order valence-electron chi connectivity index (χ3n) is 3.58. The molecule has 4 heteroatoms. The monoisotopic (exact) mass is 282 g/mol. The molecule has 1 aliphatic heterocycles.